The second kappa shape index (κ2) is 6.50. The number of β-lactam (4-membered cyclic amide) rings is 1. The number of carbonyl (C=O) groups is 2. The van der Waals surface area contributed by atoms with Crippen molar-refractivity contribution in [1.82, 2.24) is 9.88 Å². The zero-order valence-corrected chi connectivity index (χ0v) is 15.5. The number of aliphatic carboxylic acids is 1. The van der Waals surface area contributed by atoms with Crippen LogP contribution in [-0.4, -0.2) is 44.1 Å². The first-order valence-electron chi connectivity index (χ1n) is 7.53. The molecule has 1 saturated heterocycles. The van der Waals surface area contributed by atoms with Crippen molar-refractivity contribution >= 4 is 39.6 Å². The smallest absolute Gasteiger partial charge is 0.353 e. The van der Waals surface area contributed by atoms with Gasteiger partial charge in [-0.05, 0) is 34.5 Å². The lowest BCUT2D eigenvalue weighted by atomic mass is 9.79. The van der Waals surface area contributed by atoms with E-state index in [0.29, 0.717) is 10.7 Å². The number of rotatable bonds is 5. The molecule has 6 nitrogen and oxygen atoms in total. The lowest BCUT2D eigenvalue weighted by Gasteiger charge is -2.46. The van der Waals surface area contributed by atoms with Gasteiger partial charge in [0.2, 0.25) is 5.91 Å². The third-order valence-electron chi connectivity index (χ3n) is 4.47. The fraction of sp³-hybridized carbons (Fsp3) is 0.438. The van der Waals surface area contributed by atoms with Crippen LogP contribution in [0.25, 0.3) is 0 Å². The minimum absolute atomic E-state index is 0.0577. The molecule has 1 unspecified atom stereocenters. The van der Waals surface area contributed by atoms with Crippen LogP contribution in [0, 0.1) is 11.8 Å². The number of aliphatic hydroxyl groups is 1. The van der Waals surface area contributed by atoms with Gasteiger partial charge in [0.1, 0.15) is 5.70 Å². The molecule has 1 aromatic heterocycles. The van der Waals surface area contributed by atoms with Crippen molar-refractivity contribution in [3.8, 4) is 0 Å². The largest absolute Gasteiger partial charge is 0.477 e. The third kappa shape index (κ3) is 2.76. The summed E-state index contributed by atoms with van der Waals surface area (Å²) in [4.78, 5) is 30.1. The zero-order chi connectivity index (χ0) is 17.6. The molecule has 24 heavy (non-hydrogen) atoms. The predicted molar refractivity (Wildman–Crippen MR) is 92.9 cm³/mol. The quantitative estimate of drug-likeness (QED) is 0.720. The molecule has 1 aromatic rings. The van der Waals surface area contributed by atoms with Crippen LogP contribution >= 0.6 is 27.7 Å². The van der Waals surface area contributed by atoms with Gasteiger partial charge in [0, 0.05) is 33.4 Å². The molecule has 0 bridgehead atoms. The van der Waals surface area contributed by atoms with E-state index < -0.39 is 18.0 Å². The molecular formula is C16H17BrN2O4S. The Kier molecular flexibility index (Phi) is 4.72. The van der Waals surface area contributed by atoms with Crippen LogP contribution in [0.3, 0.4) is 0 Å². The van der Waals surface area contributed by atoms with Gasteiger partial charge < -0.3 is 15.1 Å². The van der Waals surface area contributed by atoms with Crippen molar-refractivity contribution in [3.63, 3.8) is 0 Å². The van der Waals surface area contributed by atoms with Gasteiger partial charge in [0.25, 0.3) is 0 Å². The van der Waals surface area contributed by atoms with E-state index in [9.17, 15) is 19.8 Å². The fourth-order valence-corrected chi connectivity index (χ4v) is 5.03. The number of pyridine rings is 1. The average Bonchev–Trinajstić information content (AvgIpc) is 2.74. The van der Waals surface area contributed by atoms with Crippen LogP contribution in [-0.2, 0) is 15.3 Å². The molecule has 2 aliphatic heterocycles. The van der Waals surface area contributed by atoms with Crippen molar-refractivity contribution in [2.24, 2.45) is 11.8 Å². The van der Waals surface area contributed by atoms with E-state index in [0.717, 1.165) is 10.0 Å². The van der Waals surface area contributed by atoms with Gasteiger partial charge in [-0.1, -0.05) is 6.92 Å². The number of fused-ring (bicyclic) bond motifs is 1. The highest BCUT2D eigenvalue weighted by molar-refractivity contribution is 9.10. The number of carboxylic acids is 1. The van der Waals surface area contributed by atoms with E-state index in [4.69, 9.17) is 0 Å². The van der Waals surface area contributed by atoms with Crippen LogP contribution in [0.1, 0.15) is 19.4 Å². The summed E-state index contributed by atoms with van der Waals surface area (Å²) in [5.41, 5.74) is 1.02. The van der Waals surface area contributed by atoms with Crippen molar-refractivity contribution < 1.29 is 19.8 Å². The Balaban J connectivity index is 1.85. The number of halogens is 1. The normalized spacial score (nSPS) is 27.1. The third-order valence-corrected chi connectivity index (χ3v) is 6.25. The Hall–Kier alpha value is -1.38. The van der Waals surface area contributed by atoms with Gasteiger partial charge in [-0.15, -0.1) is 11.8 Å². The summed E-state index contributed by atoms with van der Waals surface area (Å²) in [6.07, 6.45) is 2.64. The maximum atomic E-state index is 12.3. The molecule has 0 aliphatic carbocycles. The minimum Gasteiger partial charge on any atom is -0.477 e. The Morgan fingerprint density at radius 1 is 1.50 bits per heavy atom. The van der Waals surface area contributed by atoms with E-state index >= 15 is 0 Å². The first-order chi connectivity index (χ1) is 11.3. The number of aromatic nitrogens is 1. The monoisotopic (exact) mass is 412 g/mol. The van der Waals surface area contributed by atoms with Crippen molar-refractivity contribution in [3.05, 3.63) is 39.1 Å². The van der Waals surface area contributed by atoms with Crippen LogP contribution < -0.4 is 0 Å². The molecule has 3 heterocycles. The average molecular weight is 413 g/mol. The SMILES string of the molecule is CC(O)[C@H]1C(=O)N2C(C(=O)O)=C(SCc3cncc(Br)c3)[C@H](C)[C@@H]12. The van der Waals surface area contributed by atoms with Gasteiger partial charge in [0.15, 0.2) is 0 Å². The summed E-state index contributed by atoms with van der Waals surface area (Å²) >= 11 is 4.78. The molecule has 4 atom stereocenters. The lowest BCUT2D eigenvalue weighted by molar-refractivity contribution is -0.163. The molecule has 0 radical (unpaired) electrons. The molecule has 0 spiro atoms. The summed E-state index contributed by atoms with van der Waals surface area (Å²) in [6, 6.07) is 1.66. The van der Waals surface area contributed by atoms with E-state index in [-0.39, 0.29) is 23.6 Å². The summed E-state index contributed by atoms with van der Waals surface area (Å²) in [6.45, 7) is 3.49. The summed E-state index contributed by atoms with van der Waals surface area (Å²) in [7, 11) is 0. The van der Waals surface area contributed by atoms with Crippen LogP contribution in [0.5, 0.6) is 0 Å². The minimum atomic E-state index is -1.10. The van der Waals surface area contributed by atoms with Crippen molar-refractivity contribution in [1.29, 1.82) is 0 Å². The number of hydrogen-bond acceptors (Lipinski definition) is 5. The van der Waals surface area contributed by atoms with E-state index in [1.807, 2.05) is 13.0 Å². The second-order valence-electron chi connectivity index (χ2n) is 6.07. The van der Waals surface area contributed by atoms with E-state index in [1.54, 1.807) is 19.3 Å². The topological polar surface area (TPSA) is 90.7 Å². The molecule has 3 rings (SSSR count). The van der Waals surface area contributed by atoms with Crippen LogP contribution in [0.4, 0.5) is 0 Å². The highest BCUT2D eigenvalue weighted by atomic mass is 79.9. The first-order valence-corrected chi connectivity index (χ1v) is 9.31. The highest BCUT2D eigenvalue weighted by Crippen LogP contribution is 2.50. The molecule has 2 aliphatic rings. The summed E-state index contributed by atoms with van der Waals surface area (Å²) < 4.78 is 0.862. The molecule has 8 heteroatoms. The molecule has 2 N–H and O–H groups in total. The number of thioether (sulfide) groups is 1. The Labute approximate surface area is 152 Å². The Bertz CT molecular complexity index is 737. The number of amides is 1. The van der Waals surface area contributed by atoms with Gasteiger partial charge >= 0.3 is 5.97 Å². The number of carbonyl (C=O) groups excluding carboxylic acids is 1. The standard InChI is InChI=1S/C16H17BrN2O4S/c1-7-12-11(8(2)20)15(21)19(12)13(16(22)23)14(7)24-6-9-3-10(17)5-18-4-9/h3-5,7-8,11-12,20H,6H2,1-2H3,(H,22,23)/t7-,8?,11-,12+/m1/s1. The number of hydrogen-bond donors (Lipinski definition) is 2. The van der Waals surface area contributed by atoms with Gasteiger partial charge in [-0.2, -0.15) is 0 Å². The van der Waals surface area contributed by atoms with E-state index in [1.165, 1.54) is 16.7 Å². The number of carboxylic acid groups (broad SMARTS) is 1. The molecule has 128 valence electrons. The predicted octanol–water partition coefficient (Wildman–Crippen LogP) is 2.23. The van der Waals surface area contributed by atoms with Crippen LogP contribution in [0.2, 0.25) is 0 Å². The van der Waals surface area contributed by atoms with Crippen molar-refractivity contribution in [2.75, 3.05) is 0 Å². The van der Waals surface area contributed by atoms with Gasteiger partial charge in [-0.25, -0.2) is 4.79 Å². The molecule has 0 saturated carbocycles. The van der Waals surface area contributed by atoms with Crippen LogP contribution in [0.15, 0.2) is 33.5 Å². The second-order valence-corrected chi connectivity index (χ2v) is 8.00. The molecule has 0 aromatic carbocycles. The zero-order valence-electron chi connectivity index (χ0n) is 13.1. The van der Waals surface area contributed by atoms with Gasteiger partial charge in [-0.3, -0.25) is 9.78 Å². The maximum absolute atomic E-state index is 12.3. The maximum Gasteiger partial charge on any atom is 0.353 e. The summed E-state index contributed by atoms with van der Waals surface area (Å²) in [5, 5.41) is 19.4. The molecule has 1 fully saturated rings. The number of aliphatic hydroxyl groups excluding tert-OH is 1. The van der Waals surface area contributed by atoms with Crippen molar-refractivity contribution in [2.45, 2.75) is 31.7 Å². The molecular weight excluding hydrogens is 396 g/mol. The molecule has 1 amide bonds. The van der Waals surface area contributed by atoms with E-state index in [2.05, 4.69) is 20.9 Å². The fourth-order valence-electron chi connectivity index (χ4n) is 3.41. The Morgan fingerprint density at radius 3 is 2.79 bits per heavy atom. The first kappa shape index (κ1) is 17.4. The summed E-state index contributed by atoms with van der Waals surface area (Å²) in [5.74, 6) is -1.48. The lowest BCUT2D eigenvalue weighted by Crippen LogP contribution is -2.63. The highest BCUT2D eigenvalue weighted by Gasteiger charge is 2.59. The van der Waals surface area contributed by atoms with Gasteiger partial charge in [0.05, 0.1) is 18.1 Å². The number of nitrogens with zero attached hydrogens (tertiary/aromatic N) is 2. The Morgan fingerprint density at radius 2 is 2.21 bits per heavy atom.